The highest BCUT2D eigenvalue weighted by Gasteiger charge is 2.46. The van der Waals surface area contributed by atoms with Crippen molar-refractivity contribution in [1.29, 1.82) is 0 Å². The fraction of sp³-hybridized carbons (Fsp3) is 0.609. The average molecular weight is 541 g/mol. The first-order valence-corrected chi connectivity index (χ1v) is 11.1. The summed E-state index contributed by atoms with van der Waals surface area (Å²) in [6, 6.07) is 10.5. The third-order valence-electron chi connectivity index (χ3n) is 6.67. The van der Waals surface area contributed by atoms with Gasteiger partial charge in [0.05, 0.1) is 0 Å². The number of guanidine groups is 1. The van der Waals surface area contributed by atoms with Crippen molar-refractivity contribution >= 4 is 41.9 Å². The summed E-state index contributed by atoms with van der Waals surface area (Å²) in [5, 5.41) is 9.61. The lowest BCUT2D eigenvalue weighted by atomic mass is 9.79. The van der Waals surface area contributed by atoms with Gasteiger partial charge >= 0.3 is 6.03 Å². The van der Waals surface area contributed by atoms with Gasteiger partial charge in [0.1, 0.15) is 5.54 Å². The van der Waals surface area contributed by atoms with Crippen LogP contribution in [0.3, 0.4) is 0 Å². The summed E-state index contributed by atoms with van der Waals surface area (Å²) in [6.45, 7) is 5.57. The molecule has 172 valence electrons. The summed E-state index contributed by atoms with van der Waals surface area (Å²) < 4.78 is 0. The molecular formula is C23H36IN5O2. The smallest absolute Gasteiger partial charge is 0.325 e. The topological polar surface area (TPSA) is 85.8 Å². The number of aliphatic imine (C=N–C) groups is 1. The first-order chi connectivity index (χ1) is 14.4. The number of carbonyl (C=O) groups is 2. The van der Waals surface area contributed by atoms with Gasteiger partial charge in [0.2, 0.25) is 0 Å². The number of nitrogens with zero attached hydrogens (tertiary/aromatic N) is 2. The van der Waals surface area contributed by atoms with Crippen molar-refractivity contribution in [2.45, 2.75) is 63.3 Å². The average Bonchev–Trinajstić information content (AvgIpc) is 3.33. The van der Waals surface area contributed by atoms with Crippen LogP contribution in [0.4, 0.5) is 4.79 Å². The molecule has 0 bridgehead atoms. The number of hydrogen-bond acceptors (Lipinski definition) is 3. The lowest BCUT2D eigenvalue weighted by molar-refractivity contribution is -0.130. The molecule has 1 unspecified atom stereocenters. The Morgan fingerprint density at radius 2 is 1.84 bits per heavy atom. The number of benzene rings is 1. The molecule has 7 nitrogen and oxygen atoms in total. The van der Waals surface area contributed by atoms with E-state index in [4.69, 9.17) is 0 Å². The van der Waals surface area contributed by atoms with E-state index in [0.29, 0.717) is 25.9 Å². The van der Waals surface area contributed by atoms with Gasteiger partial charge in [0.15, 0.2) is 5.96 Å². The van der Waals surface area contributed by atoms with Crippen LogP contribution >= 0.6 is 24.0 Å². The van der Waals surface area contributed by atoms with Crippen molar-refractivity contribution in [3.8, 4) is 0 Å². The van der Waals surface area contributed by atoms with Crippen LogP contribution in [0.15, 0.2) is 35.3 Å². The molecule has 0 aromatic heterocycles. The predicted molar refractivity (Wildman–Crippen MR) is 135 cm³/mol. The van der Waals surface area contributed by atoms with Gasteiger partial charge in [-0.05, 0) is 38.2 Å². The molecule has 2 aliphatic rings. The summed E-state index contributed by atoms with van der Waals surface area (Å²) >= 11 is 0. The minimum absolute atomic E-state index is 0. The van der Waals surface area contributed by atoms with Gasteiger partial charge in [-0.15, -0.1) is 24.0 Å². The molecule has 0 radical (unpaired) electrons. The second-order valence-electron chi connectivity index (χ2n) is 8.63. The Bertz CT molecular complexity index is 779. The lowest BCUT2D eigenvalue weighted by Gasteiger charge is -2.30. The van der Waals surface area contributed by atoms with Gasteiger partial charge in [-0.3, -0.25) is 14.7 Å². The van der Waals surface area contributed by atoms with E-state index in [2.05, 4.69) is 51.3 Å². The Labute approximate surface area is 202 Å². The number of imide groups is 1. The third kappa shape index (κ3) is 5.70. The monoisotopic (exact) mass is 541 g/mol. The van der Waals surface area contributed by atoms with E-state index in [1.165, 1.54) is 36.1 Å². The van der Waals surface area contributed by atoms with Crippen molar-refractivity contribution in [1.82, 2.24) is 20.9 Å². The van der Waals surface area contributed by atoms with Crippen LogP contribution in [0.5, 0.6) is 0 Å². The molecule has 2 fully saturated rings. The Morgan fingerprint density at radius 3 is 2.42 bits per heavy atom. The second kappa shape index (κ2) is 11.2. The number of halogens is 1. The molecule has 3 rings (SSSR count). The maximum absolute atomic E-state index is 12.5. The molecule has 31 heavy (non-hydrogen) atoms. The van der Waals surface area contributed by atoms with E-state index in [-0.39, 0.29) is 41.3 Å². The highest BCUT2D eigenvalue weighted by Crippen LogP contribution is 2.40. The van der Waals surface area contributed by atoms with Gasteiger partial charge in [-0.1, -0.05) is 50.1 Å². The first-order valence-electron chi connectivity index (χ1n) is 11.1. The van der Waals surface area contributed by atoms with Crippen LogP contribution in [-0.2, 0) is 10.2 Å². The second-order valence-corrected chi connectivity index (χ2v) is 8.63. The number of carbonyl (C=O) groups excluding carboxylic acids is 2. The van der Waals surface area contributed by atoms with E-state index in [0.717, 1.165) is 12.5 Å². The van der Waals surface area contributed by atoms with E-state index in [9.17, 15) is 9.59 Å². The van der Waals surface area contributed by atoms with E-state index < -0.39 is 5.54 Å². The van der Waals surface area contributed by atoms with Gasteiger partial charge in [-0.25, -0.2) is 4.79 Å². The molecule has 1 aliphatic heterocycles. The highest BCUT2D eigenvalue weighted by atomic mass is 127. The number of nitrogens with one attached hydrogen (secondary N) is 3. The van der Waals surface area contributed by atoms with Gasteiger partial charge in [0, 0.05) is 32.1 Å². The van der Waals surface area contributed by atoms with Crippen LogP contribution < -0.4 is 16.0 Å². The maximum Gasteiger partial charge on any atom is 0.325 e. The minimum atomic E-state index is -0.769. The van der Waals surface area contributed by atoms with Crippen LogP contribution in [0.2, 0.25) is 0 Å². The van der Waals surface area contributed by atoms with Crippen molar-refractivity contribution in [3.63, 3.8) is 0 Å². The zero-order valence-corrected chi connectivity index (χ0v) is 21.2. The van der Waals surface area contributed by atoms with E-state index in [1.54, 1.807) is 14.0 Å². The largest absolute Gasteiger partial charge is 0.356 e. The van der Waals surface area contributed by atoms with Crippen LogP contribution in [0, 0.1) is 0 Å². The fourth-order valence-electron chi connectivity index (χ4n) is 4.52. The van der Waals surface area contributed by atoms with Crippen molar-refractivity contribution in [3.05, 3.63) is 35.9 Å². The molecule has 0 spiro atoms. The van der Waals surface area contributed by atoms with Crippen molar-refractivity contribution in [2.75, 3.05) is 26.7 Å². The van der Waals surface area contributed by atoms with E-state index >= 15 is 0 Å². The normalized spacial score (nSPS) is 22.8. The number of amides is 3. The molecule has 1 aromatic carbocycles. The number of urea groups is 1. The molecule has 8 heteroatoms. The molecule has 1 heterocycles. The molecule has 3 amide bonds. The Kier molecular flexibility index (Phi) is 9.14. The SMILES string of the molecule is CCC1(C)NC(=O)N(CCCNC(=NC)NCC2(c3ccccc3)CCCC2)C1=O.I. The van der Waals surface area contributed by atoms with Gasteiger partial charge < -0.3 is 16.0 Å². The summed E-state index contributed by atoms with van der Waals surface area (Å²) in [7, 11) is 1.77. The highest BCUT2D eigenvalue weighted by molar-refractivity contribution is 14.0. The van der Waals surface area contributed by atoms with E-state index in [1.807, 2.05) is 6.92 Å². The number of hydrogen-bond donors (Lipinski definition) is 3. The van der Waals surface area contributed by atoms with Crippen LogP contribution in [0.25, 0.3) is 0 Å². The van der Waals surface area contributed by atoms with Crippen LogP contribution in [0.1, 0.15) is 57.9 Å². The van der Waals surface area contributed by atoms with Crippen LogP contribution in [-0.4, -0.2) is 55.0 Å². The Balaban J connectivity index is 0.00000341. The third-order valence-corrected chi connectivity index (χ3v) is 6.67. The predicted octanol–water partition coefficient (Wildman–Crippen LogP) is 3.39. The molecule has 1 atom stereocenters. The molecule has 1 saturated heterocycles. The molecule has 1 saturated carbocycles. The zero-order chi connectivity index (χ0) is 21.6. The quantitative estimate of drug-likeness (QED) is 0.155. The molecule has 1 aliphatic carbocycles. The molecule has 3 N–H and O–H groups in total. The Morgan fingerprint density at radius 1 is 1.16 bits per heavy atom. The minimum Gasteiger partial charge on any atom is -0.356 e. The first kappa shape index (κ1) is 25.4. The lowest BCUT2D eigenvalue weighted by Crippen LogP contribution is -2.45. The summed E-state index contributed by atoms with van der Waals surface area (Å²) in [6.07, 6.45) is 6.14. The van der Waals surface area contributed by atoms with Gasteiger partial charge in [0.25, 0.3) is 5.91 Å². The maximum atomic E-state index is 12.5. The Hall–Kier alpha value is -1.84. The molecular weight excluding hydrogens is 505 g/mol. The zero-order valence-electron chi connectivity index (χ0n) is 18.9. The van der Waals surface area contributed by atoms with Gasteiger partial charge in [-0.2, -0.15) is 0 Å². The summed E-state index contributed by atoms with van der Waals surface area (Å²) in [5.41, 5.74) is 0.779. The molecule has 1 aromatic rings. The fourth-order valence-corrected chi connectivity index (χ4v) is 4.52. The van der Waals surface area contributed by atoms with Crippen molar-refractivity contribution in [2.24, 2.45) is 4.99 Å². The summed E-state index contributed by atoms with van der Waals surface area (Å²) in [4.78, 5) is 30.2. The van der Waals surface area contributed by atoms with Crippen molar-refractivity contribution < 1.29 is 9.59 Å². The summed E-state index contributed by atoms with van der Waals surface area (Å²) in [5.74, 6) is 0.622. The number of rotatable bonds is 8. The standard InChI is InChI=1S/C23H35N5O2.HI/c1-4-22(2)19(29)28(21(30)27-22)16-10-15-25-20(24-3)26-17-23(13-8-9-14-23)18-11-6-5-7-12-18;/h5-7,11-12H,4,8-10,13-17H2,1-3H3,(H,27,30)(H2,24,25,26);1H.